The van der Waals surface area contributed by atoms with E-state index in [4.69, 9.17) is 4.11 Å². The van der Waals surface area contributed by atoms with E-state index in [1.54, 1.807) is 0 Å². The van der Waals surface area contributed by atoms with Gasteiger partial charge in [0.1, 0.15) is 0 Å². The van der Waals surface area contributed by atoms with E-state index in [0.717, 1.165) is 6.54 Å². The van der Waals surface area contributed by atoms with Gasteiger partial charge >= 0.3 is 0 Å². The van der Waals surface area contributed by atoms with Crippen LogP contribution in [0.2, 0.25) is 0 Å². The smallest absolute Gasteiger partial charge is 0.0391 e. The summed E-state index contributed by atoms with van der Waals surface area (Å²) in [5.74, 6) is 0. The summed E-state index contributed by atoms with van der Waals surface area (Å²) in [5.41, 5.74) is 0. The van der Waals surface area contributed by atoms with E-state index in [2.05, 4.69) is 5.32 Å². The second-order valence-electron chi connectivity index (χ2n) is 1.73. The predicted molar refractivity (Wildman–Crippen MR) is 32.5 cm³/mol. The fourth-order valence-corrected chi connectivity index (χ4v) is 0.280. The Bertz CT molecular complexity index is 89.4. The van der Waals surface area contributed by atoms with E-state index in [1.807, 2.05) is 19.0 Å². The molecule has 44 valence electrons. The topological polar surface area (TPSA) is 15.3 Å². The lowest BCUT2D eigenvalue weighted by atomic mass is 10.6. The number of hydrogen-bond acceptors (Lipinski definition) is 2. The molecule has 0 atom stereocenters. The lowest BCUT2D eigenvalue weighted by Gasteiger charge is -2.06. The fraction of sp³-hybridized carbons (Fsp3) is 1.00. The SMILES string of the molecule is [2H]C([2H])([2H])NCCN(C)C. The van der Waals surface area contributed by atoms with Gasteiger partial charge in [-0.15, -0.1) is 0 Å². The number of nitrogens with zero attached hydrogens (tertiary/aromatic N) is 1. The van der Waals surface area contributed by atoms with Crippen molar-refractivity contribution in [2.75, 3.05) is 34.2 Å². The van der Waals surface area contributed by atoms with E-state index in [1.165, 1.54) is 0 Å². The van der Waals surface area contributed by atoms with Crippen LogP contribution in [0.25, 0.3) is 0 Å². The van der Waals surface area contributed by atoms with Crippen LogP contribution in [0.15, 0.2) is 0 Å². The van der Waals surface area contributed by atoms with Crippen molar-refractivity contribution < 1.29 is 4.11 Å². The summed E-state index contributed by atoms with van der Waals surface area (Å²) in [6.07, 6.45) is 0. The summed E-state index contributed by atoms with van der Waals surface area (Å²) < 4.78 is 20.3. The van der Waals surface area contributed by atoms with Gasteiger partial charge in [-0.3, -0.25) is 0 Å². The Morgan fingerprint density at radius 2 is 2.43 bits per heavy atom. The maximum Gasteiger partial charge on any atom is 0.0391 e. The van der Waals surface area contributed by atoms with E-state index in [0.29, 0.717) is 6.54 Å². The minimum Gasteiger partial charge on any atom is -0.318 e. The van der Waals surface area contributed by atoms with Crippen molar-refractivity contribution in [3.8, 4) is 0 Å². The van der Waals surface area contributed by atoms with Crippen LogP contribution in [-0.2, 0) is 0 Å². The molecule has 0 heterocycles. The molecule has 0 aromatic carbocycles. The predicted octanol–water partition coefficient (Wildman–Crippen LogP) is -0.233. The van der Waals surface area contributed by atoms with Crippen LogP contribution in [-0.4, -0.2) is 39.1 Å². The molecular weight excluding hydrogens is 88.1 g/mol. The number of rotatable bonds is 3. The summed E-state index contributed by atoms with van der Waals surface area (Å²) in [5, 5.41) is 2.41. The van der Waals surface area contributed by atoms with Gasteiger partial charge in [-0.1, -0.05) is 0 Å². The van der Waals surface area contributed by atoms with E-state index >= 15 is 0 Å². The summed E-state index contributed by atoms with van der Waals surface area (Å²) in [7, 11) is 3.81. The van der Waals surface area contributed by atoms with Crippen LogP contribution in [0, 0.1) is 0 Å². The van der Waals surface area contributed by atoms with Gasteiger partial charge < -0.3 is 10.2 Å². The van der Waals surface area contributed by atoms with Crippen molar-refractivity contribution >= 4 is 0 Å². The first kappa shape index (κ1) is 3.05. The first-order valence-electron chi connectivity index (χ1n) is 3.81. The fourth-order valence-electron chi connectivity index (χ4n) is 0.280. The molecule has 2 nitrogen and oxygen atoms in total. The van der Waals surface area contributed by atoms with E-state index in [-0.39, 0.29) is 0 Å². The molecule has 0 spiro atoms. The van der Waals surface area contributed by atoms with Crippen LogP contribution in [0.4, 0.5) is 0 Å². The summed E-state index contributed by atoms with van der Waals surface area (Å²) >= 11 is 0. The molecular formula is C5H14N2. The van der Waals surface area contributed by atoms with Gasteiger partial charge in [0.25, 0.3) is 0 Å². The molecule has 0 aliphatic rings. The standard InChI is InChI=1S/C5H14N2/c1-6-4-5-7(2)3/h6H,4-5H2,1-3H3/i1D3. The Morgan fingerprint density at radius 1 is 1.71 bits per heavy atom. The van der Waals surface area contributed by atoms with Gasteiger partial charge in [0.2, 0.25) is 0 Å². The molecule has 0 rings (SSSR count). The van der Waals surface area contributed by atoms with Gasteiger partial charge in [-0.25, -0.2) is 0 Å². The van der Waals surface area contributed by atoms with Crippen molar-refractivity contribution in [2.24, 2.45) is 0 Å². The average Bonchev–Trinajstić information content (AvgIpc) is 1.59. The Balaban J connectivity index is 3.21. The Hall–Kier alpha value is -0.0800. The van der Waals surface area contributed by atoms with Crippen molar-refractivity contribution in [3.63, 3.8) is 0 Å². The number of hydrogen-bond donors (Lipinski definition) is 1. The van der Waals surface area contributed by atoms with E-state index < -0.39 is 6.98 Å². The molecule has 1 N–H and O–H groups in total. The second kappa shape index (κ2) is 4.09. The van der Waals surface area contributed by atoms with Gasteiger partial charge in [0.15, 0.2) is 0 Å². The summed E-state index contributed by atoms with van der Waals surface area (Å²) in [4.78, 5) is 1.93. The highest BCUT2D eigenvalue weighted by atomic mass is 15.1. The van der Waals surface area contributed by atoms with Crippen molar-refractivity contribution in [2.45, 2.75) is 0 Å². The zero-order chi connectivity index (χ0) is 8.20. The van der Waals surface area contributed by atoms with Crippen molar-refractivity contribution in [1.29, 1.82) is 0 Å². The zero-order valence-corrected chi connectivity index (χ0v) is 4.86. The van der Waals surface area contributed by atoms with Crippen LogP contribution in [0.1, 0.15) is 4.11 Å². The Morgan fingerprint density at radius 3 is 2.86 bits per heavy atom. The molecule has 0 aliphatic heterocycles. The van der Waals surface area contributed by atoms with E-state index in [9.17, 15) is 0 Å². The van der Waals surface area contributed by atoms with Gasteiger partial charge in [0.05, 0.1) is 0 Å². The van der Waals surface area contributed by atoms with Gasteiger partial charge in [-0.2, -0.15) is 0 Å². The summed E-state index contributed by atoms with van der Waals surface area (Å²) in [6, 6.07) is 0. The van der Waals surface area contributed by atoms with Crippen molar-refractivity contribution in [1.82, 2.24) is 10.2 Å². The normalized spacial score (nSPS) is 18.4. The van der Waals surface area contributed by atoms with Gasteiger partial charge in [-0.05, 0) is 21.1 Å². The third kappa shape index (κ3) is 5.92. The van der Waals surface area contributed by atoms with Crippen LogP contribution >= 0.6 is 0 Å². The maximum atomic E-state index is 6.78. The third-order valence-electron chi connectivity index (χ3n) is 0.684. The molecule has 0 aromatic rings. The maximum absolute atomic E-state index is 6.78. The first-order chi connectivity index (χ1) is 4.42. The molecule has 0 amide bonds. The molecule has 7 heavy (non-hydrogen) atoms. The molecule has 0 fully saturated rings. The highest BCUT2D eigenvalue weighted by molar-refractivity contribution is 4.42. The number of likely N-dealkylation sites (N-methyl/N-ethyl adjacent to an activating group) is 2. The molecule has 0 aromatic heterocycles. The molecule has 0 radical (unpaired) electrons. The molecule has 2 heteroatoms. The lowest BCUT2D eigenvalue weighted by Crippen LogP contribution is -2.23. The average molecular weight is 105 g/mol. The van der Waals surface area contributed by atoms with Gasteiger partial charge in [0, 0.05) is 17.2 Å². The van der Waals surface area contributed by atoms with Crippen LogP contribution < -0.4 is 5.32 Å². The highest BCUT2D eigenvalue weighted by Gasteiger charge is 1.82. The van der Waals surface area contributed by atoms with Crippen LogP contribution in [0.5, 0.6) is 0 Å². The third-order valence-corrected chi connectivity index (χ3v) is 0.684. The molecule has 0 unspecified atom stereocenters. The first-order valence-corrected chi connectivity index (χ1v) is 2.31. The Kier molecular flexibility index (Phi) is 1.78. The quantitative estimate of drug-likeness (QED) is 0.533. The highest BCUT2D eigenvalue weighted by Crippen LogP contribution is 1.66. The second-order valence-corrected chi connectivity index (χ2v) is 1.73. The zero-order valence-electron chi connectivity index (χ0n) is 7.86. The molecule has 0 aliphatic carbocycles. The minimum atomic E-state index is -1.99. The minimum absolute atomic E-state index is 0.503. The summed E-state index contributed by atoms with van der Waals surface area (Å²) in [6.45, 7) is -0.738. The Labute approximate surface area is 49.7 Å². The van der Waals surface area contributed by atoms with Crippen LogP contribution in [0.3, 0.4) is 0 Å². The number of nitrogens with one attached hydrogen (secondary N) is 1. The molecule has 0 saturated carbocycles. The molecule has 0 bridgehead atoms. The van der Waals surface area contributed by atoms with Crippen molar-refractivity contribution in [3.05, 3.63) is 0 Å². The molecule has 0 saturated heterocycles. The lowest BCUT2D eigenvalue weighted by molar-refractivity contribution is 0.407. The largest absolute Gasteiger partial charge is 0.318 e. The monoisotopic (exact) mass is 105 g/mol.